The normalized spacial score (nSPS) is 16.6. The van der Waals surface area contributed by atoms with Crippen LogP contribution in [0.1, 0.15) is 24.0 Å². The molecule has 0 aliphatic carbocycles. The highest BCUT2D eigenvalue weighted by molar-refractivity contribution is 5.15. The minimum absolute atomic E-state index is 0.653. The van der Waals surface area contributed by atoms with Crippen molar-refractivity contribution in [1.29, 1.82) is 0 Å². The number of likely N-dealkylation sites (tertiary alicyclic amines) is 1. The van der Waals surface area contributed by atoms with Gasteiger partial charge in [0, 0.05) is 32.2 Å². The van der Waals surface area contributed by atoms with Gasteiger partial charge in [0.2, 0.25) is 0 Å². The summed E-state index contributed by atoms with van der Waals surface area (Å²) in [5, 5.41) is 0. The molecule has 1 aliphatic rings. The first-order chi connectivity index (χ1) is 11.8. The number of nitrogens with zero attached hydrogens (tertiary/aromatic N) is 2. The zero-order valence-corrected chi connectivity index (χ0v) is 14.5. The highest BCUT2D eigenvalue weighted by atomic mass is 15.2. The van der Waals surface area contributed by atoms with E-state index in [9.17, 15) is 0 Å². The van der Waals surface area contributed by atoms with E-state index < -0.39 is 0 Å². The molecule has 1 aliphatic heterocycles. The predicted octanol–water partition coefficient (Wildman–Crippen LogP) is 3.11. The van der Waals surface area contributed by atoms with Crippen molar-refractivity contribution in [1.82, 2.24) is 9.80 Å². The Morgan fingerprint density at radius 2 is 1.46 bits per heavy atom. The molecule has 1 fully saturated rings. The fourth-order valence-corrected chi connectivity index (χ4v) is 3.66. The molecular weight excluding hydrogens is 294 g/mol. The standard InChI is InChI=1S/C21H29N3/c22-13-16-24(18-20-9-5-2-6-10-20)21-11-14-23(15-12-21)17-19-7-3-1-4-8-19/h1-10,21H,11-18,22H2. The van der Waals surface area contributed by atoms with E-state index in [0.29, 0.717) is 6.04 Å². The summed E-state index contributed by atoms with van der Waals surface area (Å²) >= 11 is 0. The van der Waals surface area contributed by atoms with Gasteiger partial charge < -0.3 is 5.73 Å². The number of hydrogen-bond acceptors (Lipinski definition) is 3. The number of benzene rings is 2. The Labute approximate surface area is 146 Å². The van der Waals surface area contributed by atoms with E-state index in [4.69, 9.17) is 5.73 Å². The van der Waals surface area contributed by atoms with Gasteiger partial charge in [-0.2, -0.15) is 0 Å². The van der Waals surface area contributed by atoms with Gasteiger partial charge in [-0.3, -0.25) is 9.80 Å². The van der Waals surface area contributed by atoms with E-state index >= 15 is 0 Å². The second kappa shape index (κ2) is 8.97. The summed E-state index contributed by atoms with van der Waals surface area (Å²) in [4.78, 5) is 5.16. The number of piperidine rings is 1. The first kappa shape index (κ1) is 17.2. The zero-order chi connectivity index (χ0) is 16.6. The van der Waals surface area contributed by atoms with Crippen LogP contribution in [-0.2, 0) is 13.1 Å². The maximum atomic E-state index is 5.87. The third kappa shape index (κ3) is 4.91. The van der Waals surface area contributed by atoms with Gasteiger partial charge in [-0.05, 0) is 37.1 Å². The van der Waals surface area contributed by atoms with Gasteiger partial charge in [-0.1, -0.05) is 60.7 Å². The van der Waals surface area contributed by atoms with Crippen LogP contribution in [0.15, 0.2) is 60.7 Å². The minimum Gasteiger partial charge on any atom is -0.329 e. The van der Waals surface area contributed by atoms with Gasteiger partial charge in [0.1, 0.15) is 0 Å². The lowest BCUT2D eigenvalue weighted by molar-refractivity contribution is 0.101. The van der Waals surface area contributed by atoms with Gasteiger partial charge in [0.15, 0.2) is 0 Å². The second-order valence-electron chi connectivity index (χ2n) is 6.74. The molecule has 1 saturated heterocycles. The van der Waals surface area contributed by atoms with Crippen molar-refractivity contribution in [3.63, 3.8) is 0 Å². The summed E-state index contributed by atoms with van der Waals surface area (Å²) in [5.74, 6) is 0. The van der Waals surface area contributed by atoms with Gasteiger partial charge in [0.25, 0.3) is 0 Å². The van der Waals surface area contributed by atoms with Gasteiger partial charge >= 0.3 is 0 Å². The summed E-state index contributed by atoms with van der Waals surface area (Å²) in [6.07, 6.45) is 2.47. The minimum atomic E-state index is 0.653. The van der Waals surface area contributed by atoms with Crippen molar-refractivity contribution in [2.45, 2.75) is 32.0 Å². The molecule has 3 nitrogen and oxygen atoms in total. The molecule has 1 heterocycles. The molecule has 0 aromatic heterocycles. The Kier molecular flexibility index (Phi) is 6.41. The van der Waals surface area contributed by atoms with Crippen LogP contribution in [0.2, 0.25) is 0 Å². The van der Waals surface area contributed by atoms with Crippen LogP contribution >= 0.6 is 0 Å². The Morgan fingerprint density at radius 3 is 2.04 bits per heavy atom. The fraction of sp³-hybridized carbons (Fsp3) is 0.429. The third-order valence-electron chi connectivity index (χ3n) is 4.97. The van der Waals surface area contributed by atoms with E-state index in [2.05, 4.69) is 70.5 Å². The largest absolute Gasteiger partial charge is 0.329 e. The topological polar surface area (TPSA) is 32.5 Å². The molecule has 2 aromatic rings. The van der Waals surface area contributed by atoms with E-state index in [1.807, 2.05) is 0 Å². The summed E-state index contributed by atoms with van der Waals surface area (Å²) in [6.45, 7) is 6.16. The summed E-state index contributed by atoms with van der Waals surface area (Å²) < 4.78 is 0. The van der Waals surface area contributed by atoms with Crippen molar-refractivity contribution in [2.75, 3.05) is 26.2 Å². The predicted molar refractivity (Wildman–Crippen MR) is 101 cm³/mol. The van der Waals surface area contributed by atoms with Crippen LogP contribution in [0.25, 0.3) is 0 Å². The lowest BCUT2D eigenvalue weighted by Crippen LogP contribution is -2.45. The van der Waals surface area contributed by atoms with E-state index in [0.717, 1.165) is 26.2 Å². The Morgan fingerprint density at radius 1 is 0.875 bits per heavy atom. The van der Waals surface area contributed by atoms with Crippen molar-refractivity contribution < 1.29 is 0 Å². The van der Waals surface area contributed by atoms with Gasteiger partial charge in [-0.25, -0.2) is 0 Å². The summed E-state index contributed by atoms with van der Waals surface area (Å²) in [6, 6.07) is 22.2. The molecule has 3 rings (SSSR count). The molecule has 2 N–H and O–H groups in total. The zero-order valence-electron chi connectivity index (χ0n) is 14.5. The monoisotopic (exact) mass is 323 g/mol. The Balaban J connectivity index is 1.53. The molecule has 128 valence electrons. The van der Waals surface area contributed by atoms with Crippen LogP contribution in [0, 0.1) is 0 Å². The highest BCUT2D eigenvalue weighted by Crippen LogP contribution is 2.20. The van der Waals surface area contributed by atoms with Crippen LogP contribution in [0.4, 0.5) is 0 Å². The summed E-state index contributed by atoms with van der Waals surface area (Å²) in [7, 11) is 0. The van der Waals surface area contributed by atoms with Crippen molar-refractivity contribution >= 4 is 0 Å². The Bertz CT molecular complexity index is 577. The Hall–Kier alpha value is -1.68. The van der Waals surface area contributed by atoms with Crippen molar-refractivity contribution in [3.8, 4) is 0 Å². The fourth-order valence-electron chi connectivity index (χ4n) is 3.66. The summed E-state index contributed by atoms with van der Waals surface area (Å²) in [5.41, 5.74) is 8.67. The third-order valence-corrected chi connectivity index (χ3v) is 4.97. The maximum Gasteiger partial charge on any atom is 0.0237 e. The average Bonchev–Trinajstić information content (AvgIpc) is 2.64. The lowest BCUT2D eigenvalue weighted by Gasteiger charge is -2.38. The van der Waals surface area contributed by atoms with Gasteiger partial charge in [-0.15, -0.1) is 0 Å². The van der Waals surface area contributed by atoms with Crippen LogP contribution < -0.4 is 5.73 Å². The van der Waals surface area contributed by atoms with Gasteiger partial charge in [0.05, 0.1) is 0 Å². The van der Waals surface area contributed by atoms with Crippen LogP contribution in [0.3, 0.4) is 0 Å². The highest BCUT2D eigenvalue weighted by Gasteiger charge is 2.24. The molecule has 24 heavy (non-hydrogen) atoms. The quantitative estimate of drug-likeness (QED) is 0.850. The molecule has 2 aromatic carbocycles. The lowest BCUT2D eigenvalue weighted by atomic mass is 10.0. The second-order valence-corrected chi connectivity index (χ2v) is 6.74. The maximum absolute atomic E-state index is 5.87. The molecule has 0 bridgehead atoms. The molecular formula is C21H29N3. The molecule has 0 spiro atoms. The molecule has 0 unspecified atom stereocenters. The number of nitrogens with two attached hydrogens (primary N) is 1. The molecule has 0 atom stereocenters. The molecule has 3 heteroatoms. The molecule has 0 amide bonds. The van der Waals surface area contributed by atoms with E-state index in [1.54, 1.807) is 0 Å². The average molecular weight is 323 g/mol. The van der Waals surface area contributed by atoms with Crippen LogP contribution in [-0.4, -0.2) is 42.0 Å². The molecule has 0 saturated carbocycles. The van der Waals surface area contributed by atoms with Crippen molar-refractivity contribution in [3.05, 3.63) is 71.8 Å². The van der Waals surface area contributed by atoms with E-state index in [-0.39, 0.29) is 0 Å². The number of rotatable bonds is 7. The number of hydrogen-bond donors (Lipinski definition) is 1. The first-order valence-corrected chi connectivity index (χ1v) is 9.09. The smallest absolute Gasteiger partial charge is 0.0237 e. The van der Waals surface area contributed by atoms with Crippen LogP contribution in [0.5, 0.6) is 0 Å². The van der Waals surface area contributed by atoms with Crippen molar-refractivity contribution in [2.24, 2.45) is 5.73 Å². The molecule has 0 radical (unpaired) electrons. The van der Waals surface area contributed by atoms with E-state index in [1.165, 1.54) is 37.1 Å². The SMILES string of the molecule is NCCN(Cc1ccccc1)C1CCN(Cc2ccccc2)CC1. The first-order valence-electron chi connectivity index (χ1n) is 9.09.